The smallest absolute Gasteiger partial charge is 0.302 e. The van der Waals surface area contributed by atoms with Crippen LogP contribution in [0.3, 0.4) is 0 Å². The van der Waals surface area contributed by atoms with Gasteiger partial charge in [-0.25, -0.2) is 13.1 Å². The van der Waals surface area contributed by atoms with Gasteiger partial charge in [0.25, 0.3) is 5.69 Å². The van der Waals surface area contributed by atoms with Crippen LogP contribution in [-0.4, -0.2) is 43.7 Å². The van der Waals surface area contributed by atoms with E-state index in [4.69, 9.17) is 4.74 Å². The second-order valence-corrected chi connectivity index (χ2v) is 9.06. The van der Waals surface area contributed by atoms with Crippen molar-refractivity contribution in [3.05, 3.63) is 34.4 Å². The third-order valence-electron chi connectivity index (χ3n) is 4.81. The SMILES string of the molecule is CCCCCCCC[C@@H](COC(C)=O)[C@H](O)CNS(=O)(=O)c1ccc([N+](=O)[O-])cc1. The maximum Gasteiger partial charge on any atom is 0.302 e. The Morgan fingerprint density at radius 3 is 2.33 bits per heavy atom. The molecule has 2 N–H and O–H groups in total. The molecule has 0 amide bonds. The standard InChI is InChI=1S/C20H32N2O7S/c1-3-4-5-6-7-8-9-17(15-29-16(2)23)20(24)14-21-30(27,28)19-12-10-18(11-13-19)22(25)26/h10-13,17,20-21,24H,3-9,14-15H2,1-2H3/t17-,20+/m0/s1. The van der Waals surface area contributed by atoms with Gasteiger partial charge in [0.2, 0.25) is 10.0 Å². The Balaban J connectivity index is 2.63. The number of nitrogens with one attached hydrogen (secondary N) is 1. The molecule has 0 heterocycles. The first kappa shape index (κ1) is 26.0. The van der Waals surface area contributed by atoms with Crippen molar-refractivity contribution in [3.8, 4) is 0 Å². The molecule has 30 heavy (non-hydrogen) atoms. The highest BCUT2D eigenvalue weighted by atomic mass is 32.2. The summed E-state index contributed by atoms with van der Waals surface area (Å²) >= 11 is 0. The van der Waals surface area contributed by atoms with E-state index in [0.717, 1.165) is 56.4 Å². The molecular formula is C20H32N2O7S. The van der Waals surface area contributed by atoms with Gasteiger partial charge < -0.3 is 9.84 Å². The fourth-order valence-electron chi connectivity index (χ4n) is 2.99. The Hall–Kier alpha value is -2.04. The van der Waals surface area contributed by atoms with Crippen LogP contribution in [0.4, 0.5) is 5.69 Å². The Bertz CT molecular complexity index is 766. The quantitative estimate of drug-likeness (QED) is 0.183. The Morgan fingerprint density at radius 2 is 1.77 bits per heavy atom. The predicted molar refractivity (Wildman–Crippen MR) is 112 cm³/mol. The van der Waals surface area contributed by atoms with Gasteiger partial charge in [0.05, 0.1) is 22.5 Å². The molecule has 10 heteroatoms. The fourth-order valence-corrected chi connectivity index (χ4v) is 4.04. The summed E-state index contributed by atoms with van der Waals surface area (Å²) in [5, 5.41) is 21.2. The maximum atomic E-state index is 12.4. The van der Waals surface area contributed by atoms with Crippen molar-refractivity contribution in [1.29, 1.82) is 0 Å². The molecule has 1 rings (SSSR count). The zero-order chi connectivity index (χ0) is 22.6. The number of nitro groups is 1. The molecule has 0 fully saturated rings. The number of ether oxygens (including phenoxy) is 1. The summed E-state index contributed by atoms with van der Waals surface area (Å²) in [5.41, 5.74) is -0.214. The van der Waals surface area contributed by atoms with Gasteiger partial charge in [0, 0.05) is 31.5 Å². The van der Waals surface area contributed by atoms with Crippen molar-refractivity contribution in [2.24, 2.45) is 5.92 Å². The maximum absolute atomic E-state index is 12.4. The van der Waals surface area contributed by atoms with Gasteiger partial charge in [-0.3, -0.25) is 14.9 Å². The summed E-state index contributed by atoms with van der Waals surface area (Å²) in [4.78, 5) is 21.1. The second kappa shape index (κ2) is 13.3. The largest absolute Gasteiger partial charge is 0.465 e. The first-order valence-corrected chi connectivity index (χ1v) is 11.7. The number of aliphatic hydroxyl groups excluding tert-OH is 1. The number of hydrogen-bond donors (Lipinski definition) is 2. The van der Waals surface area contributed by atoms with E-state index in [1.807, 2.05) is 0 Å². The van der Waals surface area contributed by atoms with Crippen molar-refractivity contribution in [3.63, 3.8) is 0 Å². The number of hydrogen-bond acceptors (Lipinski definition) is 7. The molecule has 0 aliphatic carbocycles. The molecule has 0 radical (unpaired) electrons. The zero-order valence-corrected chi connectivity index (χ0v) is 18.4. The van der Waals surface area contributed by atoms with Gasteiger partial charge in [0.1, 0.15) is 0 Å². The summed E-state index contributed by atoms with van der Waals surface area (Å²) in [5.74, 6) is -0.846. The summed E-state index contributed by atoms with van der Waals surface area (Å²) in [7, 11) is -3.94. The third kappa shape index (κ3) is 9.64. The van der Waals surface area contributed by atoms with Crippen molar-refractivity contribution in [2.45, 2.75) is 69.8 Å². The van der Waals surface area contributed by atoms with E-state index >= 15 is 0 Å². The zero-order valence-electron chi connectivity index (χ0n) is 17.6. The number of carbonyl (C=O) groups is 1. The van der Waals surface area contributed by atoms with Crippen LogP contribution in [0.5, 0.6) is 0 Å². The highest BCUT2D eigenvalue weighted by Crippen LogP contribution is 2.18. The number of rotatable bonds is 15. The van der Waals surface area contributed by atoms with Crippen LogP contribution in [-0.2, 0) is 19.6 Å². The molecule has 0 saturated carbocycles. The van der Waals surface area contributed by atoms with Gasteiger partial charge in [-0.1, -0.05) is 45.4 Å². The summed E-state index contributed by atoms with van der Waals surface area (Å²) in [6, 6.07) is 4.49. The second-order valence-electron chi connectivity index (χ2n) is 7.29. The minimum atomic E-state index is -3.94. The van der Waals surface area contributed by atoms with Crippen LogP contribution in [0.2, 0.25) is 0 Å². The molecule has 0 aromatic heterocycles. The lowest BCUT2D eigenvalue weighted by molar-refractivity contribution is -0.384. The van der Waals surface area contributed by atoms with E-state index in [9.17, 15) is 28.4 Å². The van der Waals surface area contributed by atoms with Gasteiger partial charge in [-0.15, -0.1) is 0 Å². The number of aliphatic hydroxyl groups is 1. The molecule has 2 atom stereocenters. The van der Waals surface area contributed by atoms with Crippen molar-refractivity contribution in [2.75, 3.05) is 13.2 Å². The molecule has 0 aliphatic heterocycles. The summed E-state index contributed by atoms with van der Waals surface area (Å²) in [6.07, 6.45) is 6.01. The van der Waals surface area contributed by atoms with Crippen molar-refractivity contribution >= 4 is 21.7 Å². The van der Waals surface area contributed by atoms with Crippen molar-refractivity contribution in [1.82, 2.24) is 4.72 Å². The molecule has 9 nitrogen and oxygen atoms in total. The van der Waals surface area contributed by atoms with E-state index in [1.54, 1.807) is 0 Å². The first-order chi connectivity index (χ1) is 14.2. The number of benzene rings is 1. The lowest BCUT2D eigenvalue weighted by atomic mass is 9.95. The molecule has 0 spiro atoms. The van der Waals surface area contributed by atoms with E-state index in [1.165, 1.54) is 13.3 Å². The average Bonchev–Trinajstić information content (AvgIpc) is 2.70. The van der Waals surface area contributed by atoms with Crippen molar-refractivity contribution < 1.29 is 28.0 Å². The van der Waals surface area contributed by atoms with E-state index < -0.39 is 27.0 Å². The monoisotopic (exact) mass is 444 g/mol. The molecule has 1 aromatic rings. The Labute approximate surface area is 178 Å². The molecule has 1 aromatic carbocycles. The molecule has 0 bridgehead atoms. The summed E-state index contributed by atoms with van der Waals surface area (Å²) in [6.45, 7) is 3.19. The number of carbonyl (C=O) groups excluding carboxylic acids is 1. The first-order valence-electron chi connectivity index (χ1n) is 10.2. The van der Waals surface area contributed by atoms with Crippen LogP contribution < -0.4 is 4.72 Å². The van der Waals surface area contributed by atoms with Crippen LogP contribution >= 0.6 is 0 Å². The van der Waals surface area contributed by atoms with Gasteiger partial charge in [-0.2, -0.15) is 0 Å². The normalized spacial score (nSPS) is 13.6. The van der Waals surface area contributed by atoms with E-state index in [0.29, 0.717) is 6.42 Å². The number of nitro benzene ring substituents is 1. The van der Waals surface area contributed by atoms with Crippen LogP contribution in [0, 0.1) is 16.0 Å². The van der Waals surface area contributed by atoms with E-state index in [-0.39, 0.29) is 29.7 Å². The minimum absolute atomic E-state index is 0.0186. The number of esters is 1. The lowest BCUT2D eigenvalue weighted by Gasteiger charge is -2.23. The molecule has 0 aliphatic rings. The summed E-state index contributed by atoms with van der Waals surface area (Å²) < 4.78 is 32.1. The number of sulfonamides is 1. The fraction of sp³-hybridized carbons (Fsp3) is 0.650. The number of nitrogens with zero attached hydrogens (tertiary/aromatic N) is 1. The number of unbranched alkanes of at least 4 members (excludes halogenated alkanes) is 5. The molecule has 170 valence electrons. The Morgan fingerprint density at radius 1 is 1.17 bits per heavy atom. The highest BCUT2D eigenvalue weighted by Gasteiger charge is 2.23. The molecule has 0 saturated heterocycles. The lowest BCUT2D eigenvalue weighted by Crippen LogP contribution is -2.38. The third-order valence-corrected chi connectivity index (χ3v) is 6.25. The molecular weight excluding hydrogens is 412 g/mol. The van der Waals surface area contributed by atoms with Crippen LogP contribution in [0.15, 0.2) is 29.2 Å². The number of non-ortho nitro benzene ring substituents is 1. The topological polar surface area (TPSA) is 136 Å². The predicted octanol–water partition coefficient (Wildman–Crippen LogP) is 3.16. The van der Waals surface area contributed by atoms with Gasteiger partial charge >= 0.3 is 5.97 Å². The molecule has 0 unspecified atom stereocenters. The average molecular weight is 445 g/mol. The minimum Gasteiger partial charge on any atom is -0.465 e. The van der Waals surface area contributed by atoms with Crippen LogP contribution in [0.25, 0.3) is 0 Å². The van der Waals surface area contributed by atoms with Gasteiger partial charge in [-0.05, 0) is 18.6 Å². The van der Waals surface area contributed by atoms with Gasteiger partial charge in [0.15, 0.2) is 0 Å². The Kier molecular flexibility index (Phi) is 11.5. The highest BCUT2D eigenvalue weighted by molar-refractivity contribution is 7.89. The van der Waals surface area contributed by atoms with E-state index in [2.05, 4.69) is 11.6 Å². The van der Waals surface area contributed by atoms with Crippen LogP contribution in [0.1, 0.15) is 58.8 Å².